The van der Waals surface area contributed by atoms with E-state index >= 15 is 0 Å². The molecule has 1 aromatic rings. The first-order valence-electron chi connectivity index (χ1n) is 5.00. The summed E-state index contributed by atoms with van der Waals surface area (Å²) in [6.45, 7) is 2.05. The molecule has 0 bridgehead atoms. The van der Waals surface area contributed by atoms with E-state index in [1.807, 2.05) is 12.1 Å². The van der Waals surface area contributed by atoms with Crippen LogP contribution in [0.2, 0.25) is 0 Å². The molecule has 0 heterocycles. The molecule has 0 aromatic heterocycles. The van der Waals surface area contributed by atoms with Crippen molar-refractivity contribution in [3.63, 3.8) is 0 Å². The Hall–Kier alpha value is -0.333. The molecule has 0 unspecified atom stereocenters. The molecule has 90 valence electrons. The van der Waals surface area contributed by atoms with Crippen LogP contribution in [-0.4, -0.2) is 30.1 Å². The Balaban J connectivity index is 3.34. The second-order valence-corrected chi connectivity index (χ2v) is 6.62. The smallest absolute Gasteiger partial charge is 0.373 e. The molecular weight excluding hydrogens is 240 g/mol. The number of benzene rings is 1. The van der Waals surface area contributed by atoms with Crippen molar-refractivity contribution in [1.29, 1.82) is 0 Å². The Labute approximate surface area is 104 Å². The van der Waals surface area contributed by atoms with Gasteiger partial charge in [0.2, 0.25) is 0 Å². The summed E-state index contributed by atoms with van der Waals surface area (Å²) in [6.07, 6.45) is 0. The molecule has 0 fully saturated rings. The van der Waals surface area contributed by atoms with E-state index in [0.29, 0.717) is 5.75 Å². The molecule has 0 amide bonds. The molecule has 0 aliphatic heterocycles. The molecule has 0 aliphatic rings. The van der Waals surface area contributed by atoms with Gasteiger partial charge in [0.05, 0.1) is 0 Å². The number of hydrogen-bond donors (Lipinski definition) is 1. The van der Waals surface area contributed by atoms with Crippen molar-refractivity contribution in [1.82, 2.24) is 0 Å². The number of rotatable bonds is 5. The standard InChI is InChI=1S/C11H18O3SSi/c1-9-6-5-7-11(10(9)8-15)16(12-2,13-3)14-4/h5-7,15H,8H2,1-4H3. The molecule has 0 radical (unpaired) electrons. The molecule has 5 heteroatoms. The first-order valence-corrected chi connectivity index (χ1v) is 7.36. The van der Waals surface area contributed by atoms with E-state index < -0.39 is 8.80 Å². The van der Waals surface area contributed by atoms with Gasteiger partial charge in [-0.25, -0.2) is 0 Å². The fourth-order valence-corrected chi connectivity index (χ4v) is 4.46. The van der Waals surface area contributed by atoms with Gasteiger partial charge >= 0.3 is 8.80 Å². The van der Waals surface area contributed by atoms with E-state index in [9.17, 15) is 0 Å². The normalized spacial score (nSPS) is 11.8. The van der Waals surface area contributed by atoms with Gasteiger partial charge in [-0.15, -0.1) is 0 Å². The molecule has 0 aliphatic carbocycles. The van der Waals surface area contributed by atoms with Gasteiger partial charge in [0.15, 0.2) is 0 Å². The van der Waals surface area contributed by atoms with E-state index in [0.717, 1.165) is 10.8 Å². The molecule has 1 rings (SSSR count). The van der Waals surface area contributed by atoms with Crippen LogP contribution in [0.15, 0.2) is 18.2 Å². The summed E-state index contributed by atoms with van der Waals surface area (Å²) < 4.78 is 16.4. The first-order chi connectivity index (χ1) is 7.65. The maximum atomic E-state index is 5.48. The van der Waals surface area contributed by atoms with Crippen molar-refractivity contribution in [2.75, 3.05) is 21.3 Å². The van der Waals surface area contributed by atoms with E-state index in [1.165, 1.54) is 5.56 Å². The Morgan fingerprint density at radius 2 is 1.69 bits per heavy atom. The minimum Gasteiger partial charge on any atom is -0.373 e. The third-order valence-corrected chi connectivity index (χ3v) is 5.76. The van der Waals surface area contributed by atoms with Crippen LogP contribution in [0.1, 0.15) is 11.1 Å². The van der Waals surface area contributed by atoms with Gasteiger partial charge in [-0.3, -0.25) is 0 Å². The van der Waals surface area contributed by atoms with E-state index in [4.69, 9.17) is 13.3 Å². The van der Waals surface area contributed by atoms with Gasteiger partial charge in [-0.1, -0.05) is 18.2 Å². The van der Waals surface area contributed by atoms with Gasteiger partial charge in [-0.05, 0) is 18.1 Å². The minimum absolute atomic E-state index is 0.646. The van der Waals surface area contributed by atoms with Crippen molar-refractivity contribution < 1.29 is 13.3 Å². The van der Waals surface area contributed by atoms with Crippen LogP contribution in [0.5, 0.6) is 0 Å². The quantitative estimate of drug-likeness (QED) is 0.641. The molecule has 0 spiro atoms. The van der Waals surface area contributed by atoms with E-state index in [-0.39, 0.29) is 0 Å². The van der Waals surface area contributed by atoms with Crippen molar-refractivity contribution in [3.05, 3.63) is 29.3 Å². The van der Waals surface area contributed by atoms with Gasteiger partial charge in [-0.2, -0.15) is 12.6 Å². The summed E-state index contributed by atoms with van der Waals surface area (Å²) in [5.74, 6) is 0.646. The molecule has 0 saturated heterocycles. The zero-order chi connectivity index (χ0) is 12.2. The largest absolute Gasteiger partial charge is 0.536 e. The van der Waals surface area contributed by atoms with Gasteiger partial charge in [0.1, 0.15) is 0 Å². The molecule has 3 nitrogen and oxygen atoms in total. The fraction of sp³-hybridized carbons (Fsp3) is 0.455. The molecular formula is C11H18O3SSi. The van der Waals surface area contributed by atoms with Crippen LogP contribution in [0.25, 0.3) is 0 Å². The summed E-state index contributed by atoms with van der Waals surface area (Å²) in [6, 6.07) is 6.02. The lowest BCUT2D eigenvalue weighted by atomic mass is 10.1. The van der Waals surface area contributed by atoms with Crippen LogP contribution < -0.4 is 5.19 Å². The average Bonchev–Trinajstić information content (AvgIpc) is 2.32. The molecule has 16 heavy (non-hydrogen) atoms. The average molecular weight is 258 g/mol. The molecule has 0 saturated carbocycles. The van der Waals surface area contributed by atoms with Crippen molar-refractivity contribution in [2.24, 2.45) is 0 Å². The summed E-state index contributed by atoms with van der Waals surface area (Å²) in [5.41, 5.74) is 2.30. The predicted octanol–water partition coefficient (Wildman–Crippen LogP) is 1.51. The lowest BCUT2D eigenvalue weighted by molar-refractivity contribution is 0.140. The van der Waals surface area contributed by atoms with Gasteiger partial charge in [0.25, 0.3) is 0 Å². The highest BCUT2D eigenvalue weighted by atomic mass is 32.1. The van der Waals surface area contributed by atoms with Gasteiger partial charge in [0, 0.05) is 32.3 Å². The van der Waals surface area contributed by atoms with Gasteiger partial charge < -0.3 is 13.3 Å². The Bertz CT molecular complexity index is 345. The molecule has 0 N–H and O–H groups in total. The third-order valence-electron chi connectivity index (χ3n) is 2.70. The monoisotopic (exact) mass is 258 g/mol. The third kappa shape index (κ3) is 2.33. The maximum Gasteiger partial charge on any atom is 0.536 e. The Kier molecular flexibility index (Phi) is 5.01. The van der Waals surface area contributed by atoms with Crippen LogP contribution in [0.3, 0.4) is 0 Å². The van der Waals surface area contributed by atoms with Crippen LogP contribution in [-0.2, 0) is 19.0 Å². The van der Waals surface area contributed by atoms with E-state index in [1.54, 1.807) is 21.3 Å². The summed E-state index contributed by atoms with van der Waals surface area (Å²) in [5, 5.41) is 0.995. The zero-order valence-electron chi connectivity index (χ0n) is 10.1. The fourth-order valence-electron chi connectivity index (χ4n) is 1.78. The predicted molar refractivity (Wildman–Crippen MR) is 70.3 cm³/mol. The highest BCUT2D eigenvalue weighted by Crippen LogP contribution is 2.15. The van der Waals surface area contributed by atoms with Crippen molar-refractivity contribution in [3.8, 4) is 0 Å². The van der Waals surface area contributed by atoms with Crippen molar-refractivity contribution >= 4 is 26.6 Å². The highest BCUT2D eigenvalue weighted by molar-refractivity contribution is 7.79. The molecule has 0 atom stereocenters. The first kappa shape index (κ1) is 13.7. The number of aryl methyl sites for hydroxylation is 1. The summed E-state index contributed by atoms with van der Waals surface area (Å²) >= 11 is 4.35. The van der Waals surface area contributed by atoms with Crippen LogP contribution in [0.4, 0.5) is 0 Å². The highest BCUT2D eigenvalue weighted by Gasteiger charge is 2.42. The minimum atomic E-state index is -2.74. The van der Waals surface area contributed by atoms with Crippen LogP contribution in [0, 0.1) is 6.92 Å². The lowest BCUT2D eigenvalue weighted by Gasteiger charge is -2.27. The van der Waals surface area contributed by atoms with E-state index in [2.05, 4.69) is 25.6 Å². The lowest BCUT2D eigenvalue weighted by Crippen LogP contribution is -2.56. The second kappa shape index (κ2) is 5.84. The molecule has 1 aromatic carbocycles. The van der Waals surface area contributed by atoms with Crippen molar-refractivity contribution in [2.45, 2.75) is 12.7 Å². The zero-order valence-corrected chi connectivity index (χ0v) is 12.0. The number of hydrogen-bond acceptors (Lipinski definition) is 4. The second-order valence-electron chi connectivity index (χ2n) is 3.43. The Morgan fingerprint density at radius 3 is 2.12 bits per heavy atom. The summed E-state index contributed by atoms with van der Waals surface area (Å²) in [4.78, 5) is 0. The topological polar surface area (TPSA) is 27.7 Å². The Morgan fingerprint density at radius 1 is 1.12 bits per heavy atom. The number of thiol groups is 1. The SMILES string of the molecule is CO[Si](OC)(OC)c1cccc(C)c1CS. The van der Waals surface area contributed by atoms with Crippen LogP contribution >= 0.6 is 12.6 Å². The summed E-state index contributed by atoms with van der Waals surface area (Å²) in [7, 11) is 2.11. The maximum absolute atomic E-state index is 5.48.